The second kappa shape index (κ2) is 10.6. The van der Waals surface area contributed by atoms with E-state index in [0.717, 1.165) is 55.6 Å². The summed E-state index contributed by atoms with van der Waals surface area (Å²) in [6, 6.07) is 13.3. The highest BCUT2D eigenvalue weighted by atomic mass is 32.2. The van der Waals surface area contributed by atoms with E-state index in [1.807, 2.05) is 29.8 Å². The standard InChI is InChI=1S/C25H26F2N4O4S/c1-15(17-6-3-7-18(12-17)20-8-5-11-28-20)29-21-13-19(26)23(14-22(21)35-16(2)32)36(33,34)31-25-10-4-9-24(27)30-25/h3-4,6-7,9-10,12-15,20,28-29H,5,8,11H2,1-2H3,(H,30,31). The van der Waals surface area contributed by atoms with E-state index in [-0.39, 0.29) is 29.3 Å². The molecule has 2 heterocycles. The van der Waals surface area contributed by atoms with Crippen LogP contribution in [0.1, 0.15) is 49.9 Å². The predicted molar refractivity (Wildman–Crippen MR) is 131 cm³/mol. The number of carbonyl (C=O) groups is 1. The van der Waals surface area contributed by atoms with Crippen LogP contribution in [0.15, 0.2) is 59.5 Å². The fourth-order valence-corrected chi connectivity index (χ4v) is 5.16. The highest BCUT2D eigenvalue weighted by Crippen LogP contribution is 2.34. The van der Waals surface area contributed by atoms with Gasteiger partial charge in [-0.1, -0.05) is 30.3 Å². The first-order chi connectivity index (χ1) is 17.1. The lowest BCUT2D eigenvalue weighted by molar-refractivity contribution is -0.131. The van der Waals surface area contributed by atoms with Crippen molar-refractivity contribution in [1.29, 1.82) is 0 Å². The SMILES string of the molecule is CC(=O)Oc1cc(S(=O)(=O)Nc2cccc(F)n2)c(F)cc1NC(C)c1cccc(C2CCCN2)c1. The van der Waals surface area contributed by atoms with Gasteiger partial charge in [0.05, 0.1) is 5.69 Å². The molecule has 1 aromatic heterocycles. The number of carbonyl (C=O) groups excluding carboxylic acids is 1. The Labute approximate surface area is 208 Å². The molecule has 0 amide bonds. The molecule has 0 saturated carbocycles. The maximum absolute atomic E-state index is 15.1. The van der Waals surface area contributed by atoms with Gasteiger partial charge in [0.25, 0.3) is 10.0 Å². The Bertz CT molecular complexity index is 1380. The van der Waals surface area contributed by atoms with E-state index < -0.39 is 32.7 Å². The number of nitrogens with zero attached hydrogens (tertiary/aromatic N) is 1. The Morgan fingerprint density at radius 2 is 1.94 bits per heavy atom. The first-order valence-corrected chi connectivity index (χ1v) is 12.9. The first-order valence-electron chi connectivity index (χ1n) is 11.4. The molecule has 0 radical (unpaired) electrons. The van der Waals surface area contributed by atoms with Crippen LogP contribution in [0, 0.1) is 11.8 Å². The molecule has 4 rings (SSSR count). The average molecular weight is 517 g/mol. The number of rotatable bonds is 8. The van der Waals surface area contributed by atoms with E-state index in [4.69, 9.17) is 4.74 Å². The molecule has 2 aromatic carbocycles. The van der Waals surface area contributed by atoms with Gasteiger partial charge in [0.15, 0.2) is 5.75 Å². The van der Waals surface area contributed by atoms with Gasteiger partial charge in [-0.05, 0) is 49.6 Å². The molecule has 8 nitrogen and oxygen atoms in total. The number of hydrogen-bond acceptors (Lipinski definition) is 7. The Morgan fingerprint density at radius 3 is 2.64 bits per heavy atom. The molecule has 190 valence electrons. The van der Waals surface area contributed by atoms with Gasteiger partial charge in [-0.25, -0.2) is 17.8 Å². The zero-order chi connectivity index (χ0) is 25.9. The highest BCUT2D eigenvalue weighted by Gasteiger charge is 2.25. The maximum Gasteiger partial charge on any atom is 0.308 e. The topological polar surface area (TPSA) is 109 Å². The van der Waals surface area contributed by atoms with Crippen molar-refractivity contribution in [2.45, 2.75) is 43.7 Å². The number of aromatic nitrogens is 1. The summed E-state index contributed by atoms with van der Waals surface area (Å²) in [4.78, 5) is 14.4. The third-order valence-electron chi connectivity index (χ3n) is 5.78. The Kier molecular flexibility index (Phi) is 7.51. The van der Waals surface area contributed by atoms with Crippen molar-refractivity contribution < 1.29 is 26.7 Å². The van der Waals surface area contributed by atoms with Gasteiger partial charge >= 0.3 is 5.97 Å². The molecule has 1 saturated heterocycles. The number of anilines is 2. The number of pyridine rings is 1. The summed E-state index contributed by atoms with van der Waals surface area (Å²) in [6.07, 6.45) is 2.15. The van der Waals surface area contributed by atoms with E-state index in [1.54, 1.807) is 0 Å². The summed E-state index contributed by atoms with van der Waals surface area (Å²) in [5.41, 5.74) is 2.16. The highest BCUT2D eigenvalue weighted by molar-refractivity contribution is 7.92. The van der Waals surface area contributed by atoms with Gasteiger partial charge in [0.2, 0.25) is 5.95 Å². The van der Waals surface area contributed by atoms with Crippen molar-refractivity contribution in [1.82, 2.24) is 10.3 Å². The van der Waals surface area contributed by atoms with Crippen LogP contribution in [0.5, 0.6) is 5.75 Å². The zero-order valence-electron chi connectivity index (χ0n) is 19.7. The Morgan fingerprint density at radius 1 is 1.17 bits per heavy atom. The number of benzene rings is 2. The molecule has 3 N–H and O–H groups in total. The smallest absolute Gasteiger partial charge is 0.308 e. The molecule has 0 aliphatic carbocycles. The lowest BCUT2D eigenvalue weighted by Gasteiger charge is -2.21. The van der Waals surface area contributed by atoms with Gasteiger partial charge in [0, 0.05) is 31.1 Å². The molecule has 1 fully saturated rings. The minimum Gasteiger partial charge on any atom is -0.424 e. The second-order valence-corrected chi connectivity index (χ2v) is 10.2. The van der Waals surface area contributed by atoms with Crippen molar-refractivity contribution >= 4 is 27.5 Å². The van der Waals surface area contributed by atoms with E-state index in [2.05, 4.69) is 21.7 Å². The molecule has 2 atom stereocenters. The molecule has 2 unspecified atom stereocenters. The lowest BCUT2D eigenvalue weighted by Crippen LogP contribution is -2.17. The molecule has 0 bridgehead atoms. The minimum atomic E-state index is -4.51. The van der Waals surface area contributed by atoms with Gasteiger partial charge in [-0.2, -0.15) is 4.39 Å². The summed E-state index contributed by atoms with van der Waals surface area (Å²) in [5, 5.41) is 6.56. The number of ether oxygens (including phenoxy) is 1. The Balaban J connectivity index is 1.63. The zero-order valence-corrected chi connectivity index (χ0v) is 20.5. The fraction of sp³-hybridized carbons (Fsp3) is 0.280. The van der Waals surface area contributed by atoms with Crippen LogP contribution in [0.25, 0.3) is 0 Å². The van der Waals surface area contributed by atoms with E-state index in [1.165, 1.54) is 12.1 Å². The third kappa shape index (κ3) is 5.97. The lowest BCUT2D eigenvalue weighted by atomic mass is 9.99. The van der Waals surface area contributed by atoms with Crippen LogP contribution in [-0.4, -0.2) is 25.9 Å². The van der Waals surface area contributed by atoms with Crippen molar-refractivity contribution in [3.8, 4) is 5.75 Å². The predicted octanol–water partition coefficient (Wildman–Crippen LogP) is 4.68. The summed E-state index contributed by atoms with van der Waals surface area (Å²) < 4.78 is 61.3. The van der Waals surface area contributed by atoms with E-state index in [0.29, 0.717) is 0 Å². The molecular weight excluding hydrogens is 490 g/mol. The monoisotopic (exact) mass is 516 g/mol. The first kappa shape index (κ1) is 25.5. The number of esters is 1. The largest absolute Gasteiger partial charge is 0.424 e. The molecule has 1 aliphatic rings. The summed E-state index contributed by atoms with van der Waals surface area (Å²) in [5.74, 6) is -3.20. The van der Waals surface area contributed by atoms with Gasteiger partial charge in [-0.3, -0.25) is 9.52 Å². The molecule has 11 heteroatoms. The van der Waals surface area contributed by atoms with Crippen molar-refractivity contribution in [3.63, 3.8) is 0 Å². The number of sulfonamides is 1. The quantitative estimate of drug-likeness (QED) is 0.227. The Hall–Kier alpha value is -3.57. The molecule has 36 heavy (non-hydrogen) atoms. The summed E-state index contributed by atoms with van der Waals surface area (Å²) >= 11 is 0. The number of nitrogens with one attached hydrogen (secondary N) is 3. The summed E-state index contributed by atoms with van der Waals surface area (Å²) in [6.45, 7) is 3.98. The van der Waals surface area contributed by atoms with Crippen LogP contribution in [0.2, 0.25) is 0 Å². The van der Waals surface area contributed by atoms with Crippen LogP contribution in [0.4, 0.5) is 20.3 Å². The van der Waals surface area contributed by atoms with Gasteiger partial charge in [-0.15, -0.1) is 0 Å². The molecule has 3 aromatic rings. The van der Waals surface area contributed by atoms with Crippen LogP contribution in [-0.2, 0) is 14.8 Å². The van der Waals surface area contributed by atoms with Gasteiger partial charge in [0.1, 0.15) is 16.5 Å². The number of halogens is 2. The number of hydrogen-bond donors (Lipinski definition) is 3. The van der Waals surface area contributed by atoms with Crippen molar-refractivity contribution in [2.24, 2.45) is 0 Å². The summed E-state index contributed by atoms with van der Waals surface area (Å²) in [7, 11) is -4.51. The van der Waals surface area contributed by atoms with E-state index in [9.17, 15) is 17.6 Å². The van der Waals surface area contributed by atoms with Crippen molar-refractivity contribution in [3.05, 3.63) is 77.5 Å². The van der Waals surface area contributed by atoms with Crippen LogP contribution >= 0.6 is 0 Å². The fourth-order valence-electron chi connectivity index (χ4n) is 4.08. The van der Waals surface area contributed by atoms with E-state index >= 15 is 4.39 Å². The van der Waals surface area contributed by atoms with Crippen LogP contribution in [0.3, 0.4) is 0 Å². The van der Waals surface area contributed by atoms with Gasteiger partial charge < -0.3 is 15.4 Å². The average Bonchev–Trinajstić information content (AvgIpc) is 3.35. The normalized spacial score (nSPS) is 16.4. The van der Waals surface area contributed by atoms with Crippen molar-refractivity contribution in [2.75, 3.05) is 16.6 Å². The molecular formula is C25H26F2N4O4S. The third-order valence-corrected chi connectivity index (χ3v) is 7.15. The van der Waals surface area contributed by atoms with Crippen LogP contribution < -0.4 is 20.1 Å². The molecule has 1 aliphatic heterocycles. The molecule has 0 spiro atoms. The maximum atomic E-state index is 15.1. The second-order valence-electron chi connectivity index (χ2n) is 8.51. The minimum absolute atomic E-state index is 0.0995.